The van der Waals surface area contributed by atoms with Crippen LogP contribution < -0.4 is 4.90 Å². The van der Waals surface area contributed by atoms with Crippen molar-refractivity contribution in [3.05, 3.63) is 58.3 Å². The van der Waals surface area contributed by atoms with Crippen LogP contribution in [0.15, 0.2) is 45.6 Å². The van der Waals surface area contributed by atoms with Gasteiger partial charge in [-0.15, -0.1) is 0 Å². The molecule has 3 aromatic rings. The fourth-order valence-electron chi connectivity index (χ4n) is 3.58. The molecule has 1 aliphatic heterocycles. The Morgan fingerprint density at radius 2 is 1.88 bits per heavy atom. The van der Waals surface area contributed by atoms with Crippen LogP contribution >= 0.6 is 15.9 Å². The summed E-state index contributed by atoms with van der Waals surface area (Å²) in [4.78, 5) is 9.29. The highest BCUT2D eigenvalue weighted by Crippen LogP contribution is 2.27. The summed E-state index contributed by atoms with van der Waals surface area (Å²) in [5, 5.41) is 4.72. The second-order valence-electron chi connectivity index (χ2n) is 6.59. The summed E-state index contributed by atoms with van der Waals surface area (Å²) in [6.45, 7) is 9.03. The second kappa shape index (κ2) is 7.25. The van der Waals surface area contributed by atoms with Gasteiger partial charge in [-0.2, -0.15) is 5.10 Å². The summed E-state index contributed by atoms with van der Waals surface area (Å²) in [6, 6.07) is 9.88. The Morgan fingerprint density at radius 3 is 2.54 bits per heavy atom. The van der Waals surface area contributed by atoms with Crippen molar-refractivity contribution in [1.82, 2.24) is 19.7 Å². The lowest BCUT2D eigenvalue weighted by molar-refractivity contribution is 0.229. The SMILES string of the molecule is Cc1nn(-c2ccccn2)c(C)c1N1CCN(Cc2ccc(Br)o2)CC1. The van der Waals surface area contributed by atoms with Gasteiger partial charge in [0, 0.05) is 32.4 Å². The first-order valence-corrected chi connectivity index (χ1v) is 9.60. The minimum absolute atomic E-state index is 0.791. The quantitative estimate of drug-likeness (QED) is 0.651. The Morgan fingerprint density at radius 1 is 1.08 bits per heavy atom. The average Bonchev–Trinajstić information content (AvgIpc) is 3.19. The minimum atomic E-state index is 0.791. The molecular formula is C19H22BrN5O. The number of furan rings is 1. The lowest BCUT2D eigenvalue weighted by atomic mass is 10.2. The number of rotatable bonds is 4. The molecule has 0 bridgehead atoms. The standard InChI is InChI=1S/C19H22BrN5O/c1-14-19(15(2)25(22-14)18-5-3-4-8-21-18)24-11-9-23(10-12-24)13-16-6-7-17(20)26-16/h3-8H,9-13H2,1-2H3. The van der Waals surface area contributed by atoms with E-state index in [0.717, 1.165) is 60.4 Å². The van der Waals surface area contributed by atoms with E-state index in [9.17, 15) is 0 Å². The maximum atomic E-state index is 5.63. The molecule has 0 saturated carbocycles. The molecule has 0 unspecified atom stereocenters. The van der Waals surface area contributed by atoms with E-state index in [0.29, 0.717) is 0 Å². The highest BCUT2D eigenvalue weighted by Gasteiger charge is 2.24. The topological polar surface area (TPSA) is 50.3 Å². The normalized spacial score (nSPS) is 15.6. The molecule has 4 heterocycles. The molecule has 0 spiro atoms. The van der Waals surface area contributed by atoms with Gasteiger partial charge in [0.2, 0.25) is 0 Å². The molecule has 4 rings (SSSR count). The van der Waals surface area contributed by atoms with Crippen LogP contribution in [0, 0.1) is 13.8 Å². The molecule has 3 aromatic heterocycles. The zero-order valence-corrected chi connectivity index (χ0v) is 16.6. The fourth-order valence-corrected chi connectivity index (χ4v) is 3.92. The molecule has 136 valence electrons. The molecule has 0 aromatic carbocycles. The predicted molar refractivity (Wildman–Crippen MR) is 105 cm³/mol. The molecule has 0 aliphatic carbocycles. The third-order valence-corrected chi connectivity index (χ3v) is 5.24. The number of halogens is 1. The van der Waals surface area contributed by atoms with Crippen LogP contribution in [0.1, 0.15) is 17.1 Å². The minimum Gasteiger partial charge on any atom is -0.453 e. The molecule has 0 N–H and O–H groups in total. The summed E-state index contributed by atoms with van der Waals surface area (Å²) < 4.78 is 8.36. The zero-order chi connectivity index (χ0) is 18.1. The molecule has 0 amide bonds. The van der Waals surface area contributed by atoms with Gasteiger partial charge in [0.05, 0.1) is 23.6 Å². The number of hydrogen-bond acceptors (Lipinski definition) is 5. The van der Waals surface area contributed by atoms with Gasteiger partial charge in [-0.05, 0) is 54.0 Å². The van der Waals surface area contributed by atoms with Gasteiger partial charge >= 0.3 is 0 Å². The number of piperazine rings is 1. The van der Waals surface area contributed by atoms with Crippen molar-refractivity contribution in [1.29, 1.82) is 0 Å². The van der Waals surface area contributed by atoms with Crippen molar-refractivity contribution in [2.45, 2.75) is 20.4 Å². The van der Waals surface area contributed by atoms with Crippen molar-refractivity contribution in [2.75, 3.05) is 31.1 Å². The molecule has 1 aliphatic rings. The maximum Gasteiger partial charge on any atom is 0.169 e. The summed E-state index contributed by atoms with van der Waals surface area (Å²) >= 11 is 3.37. The Labute approximate surface area is 161 Å². The number of hydrogen-bond donors (Lipinski definition) is 0. The Kier molecular flexibility index (Phi) is 4.82. The van der Waals surface area contributed by atoms with Crippen LogP contribution in [0.25, 0.3) is 5.82 Å². The van der Waals surface area contributed by atoms with Gasteiger partial charge in [0.15, 0.2) is 10.5 Å². The number of pyridine rings is 1. The fraction of sp³-hybridized carbons (Fsp3) is 0.368. The monoisotopic (exact) mass is 415 g/mol. The number of aromatic nitrogens is 3. The van der Waals surface area contributed by atoms with Crippen LogP contribution in [0.2, 0.25) is 0 Å². The van der Waals surface area contributed by atoms with Gasteiger partial charge in [0.1, 0.15) is 5.76 Å². The lowest BCUT2D eigenvalue weighted by Gasteiger charge is -2.35. The zero-order valence-electron chi connectivity index (χ0n) is 15.0. The van der Waals surface area contributed by atoms with Crippen LogP contribution in [0.3, 0.4) is 0 Å². The van der Waals surface area contributed by atoms with E-state index >= 15 is 0 Å². The summed E-state index contributed by atoms with van der Waals surface area (Å²) in [5.74, 6) is 1.86. The highest BCUT2D eigenvalue weighted by atomic mass is 79.9. The van der Waals surface area contributed by atoms with E-state index in [1.54, 1.807) is 6.20 Å². The number of anilines is 1. The average molecular weight is 416 g/mol. The first-order chi connectivity index (χ1) is 12.6. The third-order valence-electron chi connectivity index (χ3n) is 4.82. The van der Waals surface area contributed by atoms with Crippen LogP contribution in [0.4, 0.5) is 5.69 Å². The van der Waals surface area contributed by atoms with Crippen LogP contribution in [-0.4, -0.2) is 45.8 Å². The first kappa shape index (κ1) is 17.3. The van der Waals surface area contributed by atoms with Gasteiger partial charge < -0.3 is 9.32 Å². The lowest BCUT2D eigenvalue weighted by Crippen LogP contribution is -2.46. The van der Waals surface area contributed by atoms with E-state index in [1.807, 2.05) is 35.0 Å². The molecule has 26 heavy (non-hydrogen) atoms. The molecule has 6 nitrogen and oxygen atoms in total. The largest absolute Gasteiger partial charge is 0.453 e. The number of nitrogens with zero attached hydrogens (tertiary/aromatic N) is 5. The summed E-state index contributed by atoms with van der Waals surface area (Å²) in [5.41, 5.74) is 3.43. The predicted octanol–water partition coefficient (Wildman–Crippen LogP) is 3.56. The molecular weight excluding hydrogens is 394 g/mol. The Hall–Kier alpha value is -2.12. The smallest absolute Gasteiger partial charge is 0.169 e. The first-order valence-electron chi connectivity index (χ1n) is 8.81. The van der Waals surface area contributed by atoms with E-state index in [-0.39, 0.29) is 0 Å². The van der Waals surface area contributed by atoms with Crippen molar-refractivity contribution in [3.8, 4) is 5.82 Å². The molecule has 1 fully saturated rings. The van der Waals surface area contributed by atoms with Crippen molar-refractivity contribution in [3.63, 3.8) is 0 Å². The number of aryl methyl sites for hydroxylation is 1. The van der Waals surface area contributed by atoms with E-state index in [4.69, 9.17) is 9.52 Å². The Balaban J connectivity index is 1.47. The van der Waals surface area contributed by atoms with E-state index in [2.05, 4.69) is 44.6 Å². The van der Waals surface area contributed by atoms with Crippen molar-refractivity contribution >= 4 is 21.6 Å². The molecule has 1 saturated heterocycles. The Bertz CT molecular complexity index is 881. The van der Waals surface area contributed by atoms with Crippen LogP contribution in [0.5, 0.6) is 0 Å². The van der Waals surface area contributed by atoms with E-state index < -0.39 is 0 Å². The van der Waals surface area contributed by atoms with Gasteiger partial charge in [-0.3, -0.25) is 4.90 Å². The maximum absolute atomic E-state index is 5.63. The molecule has 0 atom stereocenters. The molecule has 7 heteroatoms. The van der Waals surface area contributed by atoms with Gasteiger partial charge in [0.25, 0.3) is 0 Å². The van der Waals surface area contributed by atoms with Crippen molar-refractivity contribution < 1.29 is 4.42 Å². The van der Waals surface area contributed by atoms with E-state index in [1.165, 1.54) is 5.69 Å². The highest BCUT2D eigenvalue weighted by molar-refractivity contribution is 9.10. The van der Waals surface area contributed by atoms with Gasteiger partial charge in [-0.1, -0.05) is 6.07 Å². The van der Waals surface area contributed by atoms with Crippen LogP contribution in [-0.2, 0) is 6.54 Å². The second-order valence-corrected chi connectivity index (χ2v) is 7.37. The summed E-state index contributed by atoms with van der Waals surface area (Å²) in [7, 11) is 0. The van der Waals surface area contributed by atoms with Crippen molar-refractivity contribution in [2.24, 2.45) is 0 Å². The van der Waals surface area contributed by atoms with Gasteiger partial charge in [-0.25, -0.2) is 9.67 Å². The molecule has 0 radical (unpaired) electrons. The summed E-state index contributed by atoms with van der Waals surface area (Å²) in [6.07, 6.45) is 1.80. The third kappa shape index (κ3) is 3.41.